The van der Waals surface area contributed by atoms with Crippen LogP contribution in [0.3, 0.4) is 0 Å². The van der Waals surface area contributed by atoms with Crippen LogP contribution >= 0.6 is 0 Å². The average Bonchev–Trinajstić information content (AvgIpc) is 2.17. The van der Waals surface area contributed by atoms with E-state index in [4.69, 9.17) is 0 Å². The van der Waals surface area contributed by atoms with E-state index in [2.05, 4.69) is 17.1 Å². The summed E-state index contributed by atoms with van der Waals surface area (Å²) in [5.74, 6) is 0. The van der Waals surface area contributed by atoms with Crippen LogP contribution in [0.15, 0.2) is 0 Å². The Labute approximate surface area is 86.2 Å². The third kappa shape index (κ3) is 3.18. The maximum atomic E-state index is 11.6. The van der Waals surface area contributed by atoms with Crippen molar-refractivity contribution in [2.75, 3.05) is 32.7 Å². The second kappa shape index (κ2) is 5.20. The first-order chi connectivity index (χ1) is 6.63. The SMILES string of the molecule is CCN1CCN(C(=O)NC(C)C)CC1. The highest BCUT2D eigenvalue weighted by Crippen LogP contribution is 2.01. The quantitative estimate of drug-likeness (QED) is 0.712. The number of amides is 2. The van der Waals surface area contributed by atoms with Crippen molar-refractivity contribution in [3.8, 4) is 0 Å². The third-order valence-corrected chi connectivity index (χ3v) is 2.52. The van der Waals surface area contributed by atoms with Crippen LogP contribution in [0, 0.1) is 0 Å². The van der Waals surface area contributed by atoms with Gasteiger partial charge in [-0.3, -0.25) is 0 Å². The molecular formula is C10H21N3O. The van der Waals surface area contributed by atoms with E-state index in [1.54, 1.807) is 0 Å². The molecule has 4 heteroatoms. The molecule has 1 N–H and O–H groups in total. The number of hydrogen-bond donors (Lipinski definition) is 1. The van der Waals surface area contributed by atoms with Crippen molar-refractivity contribution in [1.29, 1.82) is 0 Å². The van der Waals surface area contributed by atoms with Gasteiger partial charge in [-0.2, -0.15) is 0 Å². The Hall–Kier alpha value is -0.770. The molecule has 0 aromatic carbocycles. The van der Waals surface area contributed by atoms with E-state index in [9.17, 15) is 4.79 Å². The minimum absolute atomic E-state index is 0.0794. The van der Waals surface area contributed by atoms with Gasteiger partial charge in [-0.1, -0.05) is 6.92 Å². The van der Waals surface area contributed by atoms with Crippen molar-refractivity contribution in [2.45, 2.75) is 26.8 Å². The zero-order valence-electron chi connectivity index (χ0n) is 9.42. The molecular weight excluding hydrogens is 178 g/mol. The van der Waals surface area contributed by atoms with Gasteiger partial charge in [0.2, 0.25) is 0 Å². The molecule has 0 aromatic rings. The van der Waals surface area contributed by atoms with Crippen LogP contribution in [0.4, 0.5) is 4.79 Å². The monoisotopic (exact) mass is 199 g/mol. The summed E-state index contributed by atoms with van der Waals surface area (Å²) in [6, 6.07) is 0.308. The summed E-state index contributed by atoms with van der Waals surface area (Å²) in [5.41, 5.74) is 0. The topological polar surface area (TPSA) is 35.6 Å². The van der Waals surface area contributed by atoms with Gasteiger partial charge in [0.1, 0.15) is 0 Å². The molecule has 0 bridgehead atoms. The fourth-order valence-corrected chi connectivity index (χ4v) is 1.61. The van der Waals surface area contributed by atoms with Crippen LogP contribution in [-0.4, -0.2) is 54.6 Å². The summed E-state index contributed by atoms with van der Waals surface area (Å²) in [7, 11) is 0. The van der Waals surface area contributed by atoms with Gasteiger partial charge < -0.3 is 15.1 Å². The van der Waals surface area contributed by atoms with Crippen LogP contribution in [0.5, 0.6) is 0 Å². The van der Waals surface area contributed by atoms with Crippen molar-refractivity contribution < 1.29 is 4.79 Å². The maximum Gasteiger partial charge on any atom is 0.317 e. The van der Waals surface area contributed by atoms with E-state index in [-0.39, 0.29) is 12.1 Å². The molecule has 0 atom stereocenters. The van der Waals surface area contributed by atoms with Crippen LogP contribution in [-0.2, 0) is 0 Å². The van der Waals surface area contributed by atoms with Gasteiger partial charge in [0.05, 0.1) is 0 Å². The van der Waals surface area contributed by atoms with E-state index >= 15 is 0 Å². The van der Waals surface area contributed by atoms with Gasteiger partial charge in [0, 0.05) is 32.2 Å². The molecule has 1 aliphatic rings. The standard InChI is InChI=1S/C10H21N3O/c1-4-12-5-7-13(8-6-12)10(14)11-9(2)3/h9H,4-8H2,1-3H3,(H,11,14). The van der Waals surface area contributed by atoms with E-state index in [1.807, 2.05) is 18.7 Å². The number of hydrogen-bond acceptors (Lipinski definition) is 2. The molecule has 82 valence electrons. The van der Waals surface area contributed by atoms with Crippen LogP contribution in [0.1, 0.15) is 20.8 Å². The predicted octanol–water partition coefficient (Wildman–Crippen LogP) is 0.742. The number of likely N-dealkylation sites (N-methyl/N-ethyl adjacent to an activating group) is 1. The Morgan fingerprint density at radius 3 is 2.29 bits per heavy atom. The van der Waals surface area contributed by atoms with Gasteiger partial charge >= 0.3 is 6.03 Å². The Balaban J connectivity index is 2.30. The van der Waals surface area contributed by atoms with Crippen molar-refractivity contribution >= 4 is 6.03 Å². The van der Waals surface area contributed by atoms with E-state index in [1.165, 1.54) is 0 Å². The van der Waals surface area contributed by atoms with Gasteiger partial charge in [-0.15, -0.1) is 0 Å². The summed E-state index contributed by atoms with van der Waals surface area (Å²) in [4.78, 5) is 15.9. The Morgan fingerprint density at radius 2 is 1.86 bits per heavy atom. The van der Waals surface area contributed by atoms with Crippen molar-refractivity contribution in [3.05, 3.63) is 0 Å². The molecule has 1 rings (SSSR count). The molecule has 4 nitrogen and oxygen atoms in total. The second-order valence-corrected chi connectivity index (χ2v) is 4.03. The lowest BCUT2D eigenvalue weighted by Gasteiger charge is -2.34. The molecule has 1 heterocycles. The number of piperazine rings is 1. The van der Waals surface area contributed by atoms with E-state index in [0.717, 1.165) is 32.7 Å². The first-order valence-corrected chi connectivity index (χ1v) is 5.41. The number of urea groups is 1. The summed E-state index contributed by atoms with van der Waals surface area (Å²) in [5, 5.41) is 2.91. The maximum absolute atomic E-state index is 11.6. The molecule has 0 radical (unpaired) electrons. The van der Waals surface area contributed by atoms with Gasteiger partial charge in [-0.25, -0.2) is 4.79 Å². The smallest absolute Gasteiger partial charge is 0.317 e. The predicted molar refractivity (Wildman–Crippen MR) is 57.4 cm³/mol. The number of nitrogens with one attached hydrogen (secondary N) is 1. The molecule has 0 aromatic heterocycles. The molecule has 1 fully saturated rings. The first kappa shape index (κ1) is 11.3. The van der Waals surface area contributed by atoms with Crippen LogP contribution in [0.25, 0.3) is 0 Å². The van der Waals surface area contributed by atoms with E-state index in [0.29, 0.717) is 0 Å². The average molecular weight is 199 g/mol. The zero-order chi connectivity index (χ0) is 10.6. The molecule has 0 aliphatic carbocycles. The van der Waals surface area contributed by atoms with E-state index < -0.39 is 0 Å². The lowest BCUT2D eigenvalue weighted by molar-refractivity contribution is 0.141. The summed E-state index contributed by atoms with van der Waals surface area (Å²) in [6.07, 6.45) is 0. The zero-order valence-corrected chi connectivity index (χ0v) is 9.42. The highest BCUT2D eigenvalue weighted by Gasteiger charge is 2.19. The Kier molecular flexibility index (Phi) is 4.20. The number of nitrogens with zero attached hydrogens (tertiary/aromatic N) is 2. The van der Waals surface area contributed by atoms with Gasteiger partial charge in [0.15, 0.2) is 0 Å². The summed E-state index contributed by atoms with van der Waals surface area (Å²) >= 11 is 0. The molecule has 14 heavy (non-hydrogen) atoms. The lowest BCUT2D eigenvalue weighted by Crippen LogP contribution is -2.52. The van der Waals surface area contributed by atoms with Crippen molar-refractivity contribution in [1.82, 2.24) is 15.1 Å². The largest absolute Gasteiger partial charge is 0.336 e. The fourth-order valence-electron chi connectivity index (χ4n) is 1.61. The van der Waals surface area contributed by atoms with Gasteiger partial charge in [-0.05, 0) is 20.4 Å². The van der Waals surface area contributed by atoms with Crippen molar-refractivity contribution in [3.63, 3.8) is 0 Å². The molecule has 1 saturated heterocycles. The molecule has 0 unspecified atom stereocenters. The number of rotatable bonds is 2. The highest BCUT2D eigenvalue weighted by molar-refractivity contribution is 5.74. The number of carbonyl (C=O) groups is 1. The fraction of sp³-hybridized carbons (Fsp3) is 0.900. The minimum Gasteiger partial charge on any atom is -0.336 e. The van der Waals surface area contributed by atoms with Gasteiger partial charge in [0.25, 0.3) is 0 Å². The lowest BCUT2D eigenvalue weighted by atomic mass is 10.3. The molecule has 2 amide bonds. The number of carbonyl (C=O) groups excluding carboxylic acids is 1. The van der Waals surface area contributed by atoms with Crippen molar-refractivity contribution in [2.24, 2.45) is 0 Å². The Bertz CT molecular complexity index is 186. The molecule has 1 aliphatic heterocycles. The van der Waals surface area contributed by atoms with Crippen LogP contribution in [0.2, 0.25) is 0 Å². The minimum atomic E-state index is 0.0794. The molecule has 0 saturated carbocycles. The van der Waals surface area contributed by atoms with Crippen LogP contribution < -0.4 is 5.32 Å². The molecule has 0 spiro atoms. The Morgan fingerprint density at radius 1 is 1.29 bits per heavy atom. The first-order valence-electron chi connectivity index (χ1n) is 5.41. The normalized spacial score (nSPS) is 18.7. The third-order valence-electron chi connectivity index (χ3n) is 2.52. The highest BCUT2D eigenvalue weighted by atomic mass is 16.2. The second-order valence-electron chi connectivity index (χ2n) is 4.03. The summed E-state index contributed by atoms with van der Waals surface area (Å²) in [6.45, 7) is 10.9. The summed E-state index contributed by atoms with van der Waals surface area (Å²) < 4.78 is 0.